The third-order valence-electron chi connectivity index (χ3n) is 17.4. The molecule has 3 unspecified atom stereocenters. The van der Waals surface area contributed by atoms with E-state index in [1.54, 1.807) is 29.8 Å². The highest BCUT2D eigenvalue weighted by atomic mass is 16.7. The molecule has 3 fully saturated rings. The van der Waals surface area contributed by atoms with Crippen LogP contribution in [0, 0.1) is 68.3 Å². The van der Waals surface area contributed by atoms with Gasteiger partial charge in [0, 0.05) is 43.8 Å². The Morgan fingerprint density at radius 1 is 0.747 bits per heavy atom. The number of nitrogens with one attached hydrogen (secondary N) is 4. The number of nitrogens with zero attached hydrogens (tertiary/aromatic N) is 1. The Balaban J connectivity index is 0.885. The summed E-state index contributed by atoms with van der Waals surface area (Å²) in [6.45, 7) is 21.2. The molecule has 0 saturated heterocycles. The summed E-state index contributed by atoms with van der Waals surface area (Å²) in [4.78, 5) is 75.8. The molecule has 4 amide bonds. The summed E-state index contributed by atoms with van der Waals surface area (Å²) < 4.78 is 16.7. The fourth-order valence-electron chi connectivity index (χ4n) is 13.4. The molecule has 15 heteroatoms. The molecule has 3 saturated carbocycles. The third-order valence-corrected chi connectivity index (χ3v) is 17.4. The van der Waals surface area contributed by atoms with Crippen LogP contribution in [0.3, 0.4) is 0 Å². The van der Waals surface area contributed by atoms with Gasteiger partial charge in [-0.3, -0.25) is 29.3 Å². The first kappa shape index (κ1) is 58.9. The van der Waals surface area contributed by atoms with E-state index in [4.69, 9.17) is 14.2 Å². The zero-order chi connectivity index (χ0) is 54.5. The molecule has 0 aliphatic heterocycles. The largest absolute Gasteiger partial charge is 0.514 e. The van der Waals surface area contributed by atoms with Gasteiger partial charge in [-0.25, -0.2) is 4.79 Å². The molecule has 0 spiro atoms. The van der Waals surface area contributed by atoms with E-state index >= 15 is 0 Å². The van der Waals surface area contributed by atoms with Gasteiger partial charge in [-0.2, -0.15) is 0 Å². The summed E-state index contributed by atoms with van der Waals surface area (Å²) in [7, 11) is 0. The lowest BCUT2D eigenvalue weighted by Gasteiger charge is -2.58. The smallest absolute Gasteiger partial charge is 0.429 e. The first-order valence-corrected chi connectivity index (χ1v) is 28.3. The maximum atomic E-state index is 13.7. The van der Waals surface area contributed by atoms with Crippen molar-refractivity contribution in [2.45, 2.75) is 190 Å². The van der Waals surface area contributed by atoms with E-state index in [1.807, 2.05) is 27.7 Å². The molecule has 4 N–H and O–H groups in total. The second kappa shape index (κ2) is 27.1. The van der Waals surface area contributed by atoms with Gasteiger partial charge in [0.15, 0.2) is 0 Å². The van der Waals surface area contributed by atoms with Crippen LogP contribution in [0.5, 0.6) is 5.75 Å². The lowest BCUT2D eigenvalue weighted by Crippen LogP contribution is -2.53. The first-order valence-electron chi connectivity index (χ1n) is 28.3. The Labute approximate surface area is 446 Å². The molecule has 75 heavy (non-hydrogen) atoms. The van der Waals surface area contributed by atoms with Crippen molar-refractivity contribution >= 4 is 41.2 Å². The normalized spacial score (nSPS) is 25.2. The number of carbonyl (C=O) groups is 5. The van der Waals surface area contributed by atoms with E-state index in [0.717, 1.165) is 48.3 Å². The van der Waals surface area contributed by atoms with Crippen LogP contribution < -0.4 is 26.0 Å². The third kappa shape index (κ3) is 16.4. The van der Waals surface area contributed by atoms with Gasteiger partial charge in [-0.15, -0.1) is 0 Å². The van der Waals surface area contributed by atoms with Crippen LogP contribution in [0.2, 0.25) is 0 Å². The van der Waals surface area contributed by atoms with Crippen LogP contribution >= 0.6 is 0 Å². The number of ether oxygens (including phenoxy) is 3. The number of fused-ring (bicyclic) bond motifs is 5. The number of benzene rings is 2. The molecule has 0 aromatic heterocycles. The average molecular weight is 1040 g/mol. The molecule has 15 nitrogen and oxygen atoms in total. The van der Waals surface area contributed by atoms with Crippen molar-refractivity contribution in [3.63, 3.8) is 0 Å². The van der Waals surface area contributed by atoms with Crippen LogP contribution in [-0.2, 0) is 35.3 Å². The Hall–Kier alpha value is -5.31. The van der Waals surface area contributed by atoms with Crippen molar-refractivity contribution in [3.05, 3.63) is 75.9 Å². The van der Waals surface area contributed by atoms with Crippen molar-refractivity contribution in [1.82, 2.24) is 16.0 Å². The van der Waals surface area contributed by atoms with E-state index < -0.39 is 40.9 Å². The van der Waals surface area contributed by atoms with Crippen LogP contribution in [0.1, 0.15) is 171 Å². The highest BCUT2D eigenvalue weighted by Crippen LogP contribution is 2.67. The minimum absolute atomic E-state index is 0.0201. The van der Waals surface area contributed by atoms with E-state index in [0.29, 0.717) is 49.1 Å². The van der Waals surface area contributed by atoms with E-state index in [2.05, 4.69) is 62.0 Å². The zero-order valence-electron chi connectivity index (χ0n) is 46.5. The summed E-state index contributed by atoms with van der Waals surface area (Å²) in [5.41, 5.74) is 3.30. The van der Waals surface area contributed by atoms with Gasteiger partial charge in [0.2, 0.25) is 23.6 Å². The van der Waals surface area contributed by atoms with Crippen molar-refractivity contribution < 1.29 is 43.1 Å². The quantitative estimate of drug-likeness (QED) is 0.0175. The van der Waals surface area contributed by atoms with Gasteiger partial charge in [-0.05, 0) is 159 Å². The minimum Gasteiger partial charge on any atom is -0.429 e. The van der Waals surface area contributed by atoms with Gasteiger partial charge >= 0.3 is 6.16 Å². The average Bonchev–Trinajstić information content (AvgIpc) is 3.72. The summed E-state index contributed by atoms with van der Waals surface area (Å²) in [5.74, 6) is 3.53. The van der Waals surface area contributed by atoms with Crippen molar-refractivity contribution in [1.29, 1.82) is 0 Å². The molecule has 6 rings (SSSR count). The molecule has 4 aliphatic rings. The number of nitro groups is 1. The molecule has 0 radical (unpaired) electrons. The monoisotopic (exact) mass is 1040 g/mol. The number of hydrogen-bond donors (Lipinski definition) is 4. The maximum Gasteiger partial charge on any atom is 0.514 e. The lowest BCUT2D eigenvalue weighted by molar-refractivity contribution is -0.384. The summed E-state index contributed by atoms with van der Waals surface area (Å²) >= 11 is 0. The standard InChI is InChI=1S/C60H89N5O10/c1-38(2)12-10-13-41(7)49-24-25-50-48-23-16-43-36-47(28-30-59(43,8)51(48)29-31-60(49,50)9)73-33-11-32-61-54(66)26-27-55(67)63-52(34-39(3)4)57(69)64-53(35-40(5)6)56(68)62-44-17-14-42(15-18-44)37-74-58(70)75-46-21-19-45(20-22-46)65(71)72/h14-22,38-41,47-53H,10-13,23-37H2,1-9H3,(H,61,66)(H,62,68)(H,63,67)(H,64,69)/t41?,47-,48-,49+,50-,51-,52?,53?,59-,60+/m0/s1. The number of non-ortho nitro benzene ring substituents is 1. The Morgan fingerprint density at radius 3 is 2.09 bits per heavy atom. The number of carbonyl (C=O) groups excluding carboxylic acids is 5. The van der Waals surface area contributed by atoms with Gasteiger partial charge in [0.1, 0.15) is 24.4 Å². The fraction of sp³-hybridized carbons (Fsp3) is 0.683. The molecule has 2 aromatic carbocycles. The number of allylic oxidation sites excluding steroid dienone is 1. The summed E-state index contributed by atoms with van der Waals surface area (Å²) in [5, 5.41) is 22.3. The number of amides is 4. The van der Waals surface area contributed by atoms with Crippen molar-refractivity contribution in [2.24, 2.45) is 58.2 Å². The molecule has 0 bridgehead atoms. The van der Waals surface area contributed by atoms with Crippen LogP contribution in [0.4, 0.5) is 16.2 Å². The maximum absolute atomic E-state index is 13.7. The number of nitro benzene ring substituents is 1. The van der Waals surface area contributed by atoms with E-state index in [9.17, 15) is 34.1 Å². The van der Waals surface area contributed by atoms with Crippen LogP contribution in [0.25, 0.3) is 0 Å². The minimum atomic E-state index is -0.991. The van der Waals surface area contributed by atoms with Crippen molar-refractivity contribution in [3.8, 4) is 5.75 Å². The van der Waals surface area contributed by atoms with Crippen molar-refractivity contribution in [2.75, 3.05) is 18.5 Å². The Kier molecular flexibility index (Phi) is 21.3. The second-order valence-electron chi connectivity index (χ2n) is 24.2. The zero-order valence-corrected chi connectivity index (χ0v) is 46.5. The number of anilines is 1. The van der Waals surface area contributed by atoms with Gasteiger partial charge in [-0.1, -0.05) is 105 Å². The highest BCUT2D eigenvalue weighted by Gasteiger charge is 2.59. The predicted octanol–water partition coefficient (Wildman–Crippen LogP) is 12.0. The molecule has 10 atom stereocenters. The van der Waals surface area contributed by atoms with Gasteiger partial charge in [0.05, 0.1) is 11.0 Å². The molecule has 0 heterocycles. The first-order chi connectivity index (χ1) is 35.6. The molecule has 2 aromatic rings. The molecule has 4 aliphatic carbocycles. The van der Waals surface area contributed by atoms with E-state index in [-0.39, 0.29) is 60.1 Å². The number of hydrogen-bond acceptors (Lipinski definition) is 10. The lowest BCUT2D eigenvalue weighted by atomic mass is 9.47. The SMILES string of the molecule is CC(C)CCCC(C)[C@H]1CC[C@H]2[C@@H]3CC=C4C[C@@H](OCCCNC(=O)CCC(=O)NC(CC(C)C)C(=O)NC(CC(C)C)C(=O)Nc5ccc(COC(=O)Oc6ccc([N+](=O)[O-])cc6)cc5)CC[C@]4(C)[C@H]3CC[C@]12C. The predicted molar refractivity (Wildman–Crippen MR) is 291 cm³/mol. The number of rotatable bonds is 26. The molecular formula is C60H89N5O10. The molecule has 414 valence electrons. The highest BCUT2D eigenvalue weighted by molar-refractivity contribution is 5.98. The van der Waals surface area contributed by atoms with Crippen LogP contribution in [-0.4, -0.2) is 66.0 Å². The Bertz CT molecular complexity index is 2280. The van der Waals surface area contributed by atoms with Gasteiger partial charge < -0.3 is 35.5 Å². The molecular weight excluding hydrogens is 951 g/mol. The summed E-state index contributed by atoms with van der Waals surface area (Å²) in [6, 6.07) is 9.77. The van der Waals surface area contributed by atoms with E-state index in [1.165, 1.54) is 82.1 Å². The summed E-state index contributed by atoms with van der Waals surface area (Å²) in [6.07, 6.45) is 17.3. The van der Waals surface area contributed by atoms with Gasteiger partial charge in [0.25, 0.3) is 5.69 Å². The second-order valence-corrected chi connectivity index (χ2v) is 24.2. The topological polar surface area (TPSA) is 204 Å². The Morgan fingerprint density at radius 2 is 1.43 bits per heavy atom. The fourth-order valence-corrected chi connectivity index (χ4v) is 13.4. The van der Waals surface area contributed by atoms with Crippen LogP contribution in [0.15, 0.2) is 60.2 Å².